The molecule has 6 saturated heterocycles. The van der Waals surface area contributed by atoms with Gasteiger partial charge in [0.2, 0.25) is 0 Å². The van der Waals surface area contributed by atoms with Crippen LogP contribution in [0.4, 0.5) is 0 Å². The van der Waals surface area contributed by atoms with Gasteiger partial charge in [-0.25, -0.2) is 0 Å². The zero-order valence-electron chi connectivity index (χ0n) is 27.5. The Hall–Kier alpha value is -1.76. The molecule has 0 aromatic heterocycles. The third kappa shape index (κ3) is 6.29. The number of benzene rings is 2. The summed E-state index contributed by atoms with van der Waals surface area (Å²) in [5.41, 5.74) is 2.39. The summed E-state index contributed by atoms with van der Waals surface area (Å²) in [4.78, 5) is 5.38. The quantitative estimate of drug-likeness (QED) is 0.250. The zero-order valence-corrected chi connectivity index (χ0v) is 27.5. The Kier molecular flexibility index (Phi) is 9.10. The average molecular weight is 613 g/mol. The third-order valence-corrected chi connectivity index (χ3v) is 13.1. The number of fused-ring (bicyclic) bond motifs is 6. The maximum absolute atomic E-state index is 7.48. The minimum Gasteiger partial charge on any atom is -0.376 e. The van der Waals surface area contributed by atoms with Crippen LogP contribution in [0.25, 0.3) is 0 Å². The molecule has 0 radical (unpaired) electrons. The second kappa shape index (κ2) is 13.4. The van der Waals surface area contributed by atoms with Gasteiger partial charge in [-0.1, -0.05) is 86.3 Å². The van der Waals surface area contributed by atoms with Crippen molar-refractivity contribution in [2.75, 3.05) is 52.5 Å². The van der Waals surface area contributed by atoms with E-state index in [1.807, 2.05) is 0 Å². The normalized spacial score (nSPS) is 34.6. The molecule has 2 aliphatic carbocycles. The fourth-order valence-corrected chi connectivity index (χ4v) is 10.6. The maximum Gasteiger partial charge on any atom is 0.0936 e. The molecule has 0 amide bonds. The van der Waals surface area contributed by atoms with Crippen molar-refractivity contribution in [1.82, 2.24) is 9.80 Å². The van der Waals surface area contributed by atoms with Gasteiger partial charge in [0.1, 0.15) is 0 Å². The summed E-state index contributed by atoms with van der Waals surface area (Å²) in [6.45, 7) is 8.74. The Morgan fingerprint density at radius 3 is 1.27 bits per heavy atom. The van der Waals surface area contributed by atoms with Crippen LogP contribution < -0.4 is 0 Å². The molecule has 4 unspecified atom stereocenters. The Balaban J connectivity index is 1.04. The Morgan fingerprint density at radius 2 is 0.933 bits per heavy atom. The third-order valence-electron chi connectivity index (χ3n) is 13.1. The van der Waals surface area contributed by atoms with Gasteiger partial charge in [-0.05, 0) is 101 Å². The number of hydrogen-bond donors (Lipinski definition) is 0. The fourth-order valence-electron chi connectivity index (χ4n) is 10.6. The highest BCUT2D eigenvalue weighted by Gasteiger charge is 2.47. The summed E-state index contributed by atoms with van der Waals surface area (Å²) in [5.74, 6) is 2.61. The molecule has 10 rings (SSSR count). The van der Waals surface area contributed by atoms with Crippen molar-refractivity contribution >= 4 is 0 Å². The number of piperidine rings is 6. The van der Waals surface area contributed by atoms with Crippen LogP contribution in [0.5, 0.6) is 0 Å². The topological polar surface area (TPSA) is 34.2 Å². The van der Waals surface area contributed by atoms with Gasteiger partial charge in [-0.15, -0.1) is 0 Å². The first kappa shape index (κ1) is 30.6. The van der Waals surface area contributed by atoms with E-state index in [2.05, 4.69) is 70.5 Å². The van der Waals surface area contributed by atoms with Crippen molar-refractivity contribution in [3.05, 3.63) is 71.8 Å². The van der Waals surface area contributed by atoms with Crippen LogP contribution in [0.3, 0.4) is 0 Å². The summed E-state index contributed by atoms with van der Waals surface area (Å²) in [5, 5.41) is 0. The van der Waals surface area contributed by atoms with Crippen LogP contribution >= 0.6 is 0 Å². The molecule has 2 saturated carbocycles. The molecule has 4 bridgehead atoms. The lowest BCUT2D eigenvalue weighted by atomic mass is 9.75. The van der Waals surface area contributed by atoms with Gasteiger partial charge in [-0.3, -0.25) is 0 Å². The van der Waals surface area contributed by atoms with Crippen molar-refractivity contribution in [3.8, 4) is 0 Å². The van der Waals surface area contributed by atoms with Crippen molar-refractivity contribution in [3.63, 3.8) is 0 Å². The highest BCUT2D eigenvalue weighted by Crippen LogP contribution is 2.48. The van der Waals surface area contributed by atoms with Crippen LogP contribution in [0.2, 0.25) is 0 Å². The van der Waals surface area contributed by atoms with Crippen molar-refractivity contribution in [2.45, 2.75) is 100 Å². The van der Waals surface area contributed by atoms with Crippen molar-refractivity contribution in [2.24, 2.45) is 23.7 Å². The zero-order chi connectivity index (χ0) is 30.1. The van der Waals surface area contributed by atoms with Crippen LogP contribution in [0.15, 0.2) is 60.7 Å². The predicted octanol–water partition coefficient (Wildman–Crippen LogP) is 7.40. The molecule has 8 aliphatic rings. The van der Waals surface area contributed by atoms with E-state index in [1.165, 1.54) is 102 Å². The molecule has 0 spiro atoms. The van der Waals surface area contributed by atoms with E-state index in [9.17, 15) is 0 Å². The van der Waals surface area contributed by atoms with E-state index in [0.717, 1.165) is 37.5 Å². The highest BCUT2D eigenvalue weighted by molar-refractivity contribution is 5.25. The molecule has 5 nitrogen and oxygen atoms in total. The molecule has 4 atom stereocenters. The summed E-state index contributed by atoms with van der Waals surface area (Å²) in [6, 6.07) is 22.3. The SMILES string of the molecule is c1ccc(C2(OC(COCC(OC3(c4ccccc4)CCCC3)C3CN4CCC3CC4)C3CN4CCC3CC4)CCCC2)cc1. The molecular formula is C40H56N2O3. The van der Waals surface area contributed by atoms with Gasteiger partial charge in [0.15, 0.2) is 0 Å². The lowest BCUT2D eigenvalue weighted by Crippen LogP contribution is -2.55. The monoisotopic (exact) mass is 612 g/mol. The molecular weight excluding hydrogens is 556 g/mol. The molecule has 6 aliphatic heterocycles. The average Bonchev–Trinajstić information content (AvgIpc) is 3.81. The van der Waals surface area contributed by atoms with E-state index in [4.69, 9.17) is 14.2 Å². The van der Waals surface area contributed by atoms with Crippen LogP contribution in [0.1, 0.15) is 88.2 Å². The van der Waals surface area contributed by atoms with Gasteiger partial charge in [-0.2, -0.15) is 0 Å². The largest absolute Gasteiger partial charge is 0.376 e. The minimum absolute atomic E-state index is 0.123. The summed E-state index contributed by atoms with van der Waals surface area (Å²) >= 11 is 0. The fraction of sp³-hybridized carbons (Fsp3) is 0.700. The van der Waals surface area contributed by atoms with E-state index in [-0.39, 0.29) is 23.4 Å². The Labute approximate surface area is 272 Å². The first-order valence-corrected chi connectivity index (χ1v) is 18.7. The van der Waals surface area contributed by atoms with E-state index >= 15 is 0 Å². The Bertz CT molecular complexity index is 1120. The van der Waals surface area contributed by atoms with Crippen molar-refractivity contribution in [1.29, 1.82) is 0 Å². The Morgan fingerprint density at radius 1 is 0.556 bits per heavy atom. The van der Waals surface area contributed by atoms with E-state index in [0.29, 0.717) is 25.0 Å². The predicted molar refractivity (Wildman–Crippen MR) is 179 cm³/mol. The molecule has 2 aromatic rings. The van der Waals surface area contributed by atoms with Crippen molar-refractivity contribution < 1.29 is 14.2 Å². The van der Waals surface area contributed by atoms with Gasteiger partial charge in [0.05, 0.1) is 36.6 Å². The van der Waals surface area contributed by atoms with Crippen LogP contribution in [-0.2, 0) is 25.4 Å². The van der Waals surface area contributed by atoms with Gasteiger partial charge >= 0.3 is 0 Å². The van der Waals surface area contributed by atoms with E-state index in [1.54, 1.807) is 0 Å². The first-order valence-electron chi connectivity index (χ1n) is 18.7. The van der Waals surface area contributed by atoms with Crippen LogP contribution in [0, 0.1) is 23.7 Å². The number of rotatable bonds is 12. The summed E-state index contributed by atoms with van der Waals surface area (Å²) < 4.78 is 21.9. The first-order chi connectivity index (χ1) is 22.2. The van der Waals surface area contributed by atoms with Crippen LogP contribution in [-0.4, -0.2) is 74.5 Å². The second-order valence-electron chi connectivity index (χ2n) is 15.6. The molecule has 244 valence electrons. The molecule has 8 fully saturated rings. The standard InChI is InChI=1S/C40H56N2O3/c1-3-11-33(12-4-1)39(19-7-8-20-39)44-37(35-27-41-23-15-31(35)16-24-41)29-43-30-38(36-28-42-25-17-32(36)18-26-42)45-40(21-9-10-22-40)34-13-5-2-6-14-34/h1-6,11-14,31-32,35-38H,7-10,15-30H2. The van der Waals surface area contributed by atoms with Gasteiger partial charge in [0, 0.05) is 24.9 Å². The summed E-state index contributed by atoms with van der Waals surface area (Å²) in [7, 11) is 0. The maximum atomic E-state index is 7.48. The molecule has 2 aromatic carbocycles. The summed E-state index contributed by atoms with van der Waals surface area (Å²) in [6.07, 6.45) is 15.0. The lowest BCUT2D eigenvalue weighted by molar-refractivity contribution is -0.191. The highest BCUT2D eigenvalue weighted by atomic mass is 16.6. The molecule has 0 N–H and O–H groups in total. The molecule has 45 heavy (non-hydrogen) atoms. The minimum atomic E-state index is -0.172. The van der Waals surface area contributed by atoms with Gasteiger partial charge < -0.3 is 24.0 Å². The number of hydrogen-bond acceptors (Lipinski definition) is 5. The molecule has 5 heteroatoms. The number of nitrogens with zero attached hydrogens (tertiary/aromatic N) is 2. The lowest BCUT2D eigenvalue weighted by Gasteiger charge is -2.50. The molecule has 6 heterocycles. The van der Waals surface area contributed by atoms with E-state index < -0.39 is 0 Å². The number of ether oxygens (including phenoxy) is 3. The van der Waals surface area contributed by atoms with Gasteiger partial charge in [0.25, 0.3) is 0 Å². The second-order valence-corrected chi connectivity index (χ2v) is 15.6. The smallest absolute Gasteiger partial charge is 0.0936 e.